The molecule has 18 heavy (non-hydrogen) atoms. The van der Waals surface area contributed by atoms with E-state index >= 15 is 0 Å². The van der Waals surface area contributed by atoms with E-state index in [1.54, 1.807) is 13.0 Å². The molecule has 0 aliphatic carbocycles. The van der Waals surface area contributed by atoms with E-state index < -0.39 is 6.10 Å². The van der Waals surface area contributed by atoms with Crippen molar-refractivity contribution in [2.45, 2.75) is 39.7 Å². The lowest BCUT2D eigenvalue weighted by molar-refractivity contribution is 0.199. The van der Waals surface area contributed by atoms with Crippen LogP contribution in [-0.2, 0) is 0 Å². The van der Waals surface area contributed by atoms with Crippen molar-refractivity contribution in [1.82, 2.24) is 0 Å². The van der Waals surface area contributed by atoms with Crippen LogP contribution in [0.15, 0.2) is 18.2 Å². The summed E-state index contributed by atoms with van der Waals surface area (Å²) >= 11 is 0. The van der Waals surface area contributed by atoms with Gasteiger partial charge >= 0.3 is 0 Å². The highest BCUT2D eigenvalue weighted by Gasteiger charge is 2.14. The van der Waals surface area contributed by atoms with Gasteiger partial charge in [0.25, 0.3) is 0 Å². The average Bonchev–Trinajstić information content (AvgIpc) is 2.37. The number of hydrogen-bond donors (Lipinski definition) is 1. The molecule has 0 amide bonds. The summed E-state index contributed by atoms with van der Waals surface area (Å²) in [6, 6.07) is 7.67. The molecule has 0 spiro atoms. The standard InChI is InChI=1S/C15H22N2O/c1-4-8-17(9-5-2)15-10-13(11-16)6-7-14(15)12(3)18/h6-7,10,12,18H,4-5,8-9H2,1-3H3. The molecule has 1 N–H and O–H groups in total. The number of hydrogen-bond acceptors (Lipinski definition) is 3. The lowest BCUT2D eigenvalue weighted by Gasteiger charge is -2.27. The van der Waals surface area contributed by atoms with Crippen LogP contribution in [0.5, 0.6) is 0 Å². The molecule has 0 saturated carbocycles. The summed E-state index contributed by atoms with van der Waals surface area (Å²) in [6.07, 6.45) is 1.59. The Morgan fingerprint density at radius 2 is 1.89 bits per heavy atom. The minimum absolute atomic E-state index is 0.510. The van der Waals surface area contributed by atoms with Gasteiger partial charge in [0.05, 0.1) is 17.7 Å². The van der Waals surface area contributed by atoms with E-state index in [0.717, 1.165) is 37.2 Å². The van der Waals surface area contributed by atoms with E-state index in [1.807, 2.05) is 12.1 Å². The van der Waals surface area contributed by atoms with Gasteiger partial charge in [-0.2, -0.15) is 5.26 Å². The zero-order valence-electron chi connectivity index (χ0n) is 11.5. The van der Waals surface area contributed by atoms with Crippen LogP contribution in [0.25, 0.3) is 0 Å². The molecule has 0 aliphatic heterocycles. The molecule has 1 unspecified atom stereocenters. The Hall–Kier alpha value is -1.53. The normalized spacial score (nSPS) is 11.9. The highest BCUT2D eigenvalue weighted by atomic mass is 16.3. The highest BCUT2D eigenvalue weighted by molar-refractivity contribution is 5.58. The molecule has 0 heterocycles. The Labute approximate surface area is 110 Å². The third-order valence-electron chi connectivity index (χ3n) is 2.94. The third-order valence-corrected chi connectivity index (χ3v) is 2.94. The SMILES string of the molecule is CCCN(CCC)c1cc(C#N)ccc1C(C)O. The summed E-state index contributed by atoms with van der Waals surface area (Å²) in [7, 11) is 0. The molecule has 3 heteroatoms. The summed E-state index contributed by atoms with van der Waals surface area (Å²) < 4.78 is 0. The summed E-state index contributed by atoms with van der Waals surface area (Å²) in [5, 5.41) is 18.8. The molecule has 0 fully saturated rings. The van der Waals surface area contributed by atoms with E-state index in [1.165, 1.54) is 0 Å². The second-order valence-electron chi connectivity index (χ2n) is 4.55. The largest absolute Gasteiger partial charge is 0.389 e. The molecule has 1 aromatic rings. The quantitative estimate of drug-likeness (QED) is 0.838. The Kier molecular flexibility index (Phi) is 5.67. The number of aliphatic hydroxyl groups excluding tert-OH is 1. The fourth-order valence-electron chi connectivity index (χ4n) is 2.13. The summed E-state index contributed by atoms with van der Waals surface area (Å²) in [6.45, 7) is 7.93. The topological polar surface area (TPSA) is 47.3 Å². The predicted octanol–water partition coefficient (Wildman–Crippen LogP) is 3.24. The van der Waals surface area contributed by atoms with E-state index in [4.69, 9.17) is 5.26 Å². The number of aliphatic hydroxyl groups is 1. The van der Waals surface area contributed by atoms with Gasteiger partial charge in [-0.05, 0) is 31.9 Å². The van der Waals surface area contributed by atoms with Crippen molar-refractivity contribution in [1.29, 1.82) is 5.26 Å². The molecule has 0 saturated heterocycles. The zero-order valence-corrected chi connectivity index (χ0v) is 11.5. The maximum atomic E-state index is 9.84. The van der Waals surface area contributed by atoms with Crippen molar-refractivity contribution in [3.63, 3.8) is 0 Å². The predicted molar refractivity (Wildman–Crippen MR) is 74.6 cm³/mol. The molecule has 0 aromatic heterocycles. The van der Waals surface area contributed by atoms with E-state index in [0.29, 0.717) is 5.56 Å². The maximum absolute atomic E-state index is 9.84. The first-order valence-electron chi connectivity index (χ1n) is 6.61. The number of nitrogens with zero attached hydrogens (tertiary/aromatic N) is 2. The summed E-state index contributed by atoms with van der Waals surface area (Å²) in [5.74, 6) is 0. The van der Waals surface area contributed by atoms with Crippen molar-refractivity contribution in [2.24, 2.45) is 0 Å². The van der Waals surface area contributed by atoms with Gasteiger partial charge in [0.1, 0.15) is 0 Å². The molecule has 98 valence electrons. The molecule has 1 atom stereocenters. The summed E-state index contributed by atoms with van der Waals surface area (Å²) in [4.78, 5) is 2.25. The van der Waals surface area contributed by atoms with Crippen molar-refractivity contribution < 1.29 is 5.11 Å². The van der Waals surface area contributed by atoms with Crippen LogP contribution in [0.2, 0.25) is 0 Å². The minimum atomic E-state index is -0.510. The Morgan fingerprint density at radius 3 is 2.33 bits per heavy atom. The lowest BCUT2D eigenvalue weighted by Crippen LogP contribution is -2.26. The van der Waals surface area contributed by atoms with Crippen LogP contribution >= 0.6 is 0 Å². The van der Waals surface area contributed by atoms with Crippen LogP contribution < -0.4 is 4.90 Å². The van der Waals surface area contributed by atoms with Gasteiger partial charge in [-0.1, -0.05) is 19.9 Å². The number of anilines is 1. The van der Waals surface area contributed by atoms with Crippen LogP contribution in [0.4, 0.5) is 5.69 Å². The molecule has 0 bridgehead atoms. The molecule has 3 nitrogen and oxygen atoms in total. The van der Waals surface area contributed by atoms with E-state index in [2.05, 4.69) is 24.8 Å². The fourth-order valence-corrected chi connectivity index (χ4v) is 2.13. The van der Waals surface area contributed by atoms with Crippen LogP contribution in [0, 0.1) is 11.3 Å². The third kappa shape index (κ3) is 3.48. The maximum Gasteiger partial charge on any atom is 0.0992 e. The molecule has 1 rings (SSSR count). The number of benzene rings is 1. The molecule has 0 aliphatic rings. The van der Waals surface area contributed by atoms with Gasteiger partial charge in [-0.15, -0.1) is 0 Å². The van der Waals surface area contributed by atoms with Gasteiger partial charge in [-0.3, -0.25) is 0 Å². The smallest absolute Gasteiger partial charge is 0.0992 e. The lowest BCUT2D eigenvalue weighted by atomic mass is 10.0. The van der Waals surface area contributed by atoms with E-state index in [-0.39, 0.29) is 0 Å². The van der Waals surface area contributed by atoms with Crippen LogP contribution in [0.1, 0.15) is 50.8 Å². The Morgan fingerprint density at radius 1 is 1.28 bits per heavy atom. The first-order chi connectivity index (χ1) is 8.63. The average molecular weight is 246 g/mol. The number of nitriles is 1. The Bertz CT molecular complexity index is 415. The summed E-state index contributed by atoms with van der Waals surface area (Å²) in [5.41, 5.74) is 2.54. The minimum Gasteiger partial charge on any atom is -0.389 e. The first kappa shape index (κ1) is 14.5. The second kappa shape index (κ2) is 7.03. The van der Waals surface area contributed by atoms with Crippen molar-refractivity contribution in [2.75, 3.05) is 18.0 Å². The van der Waals surface area contributed by atoms with E-state index in [9.17, 15) is 5.11 Å². The van der Waals surface area contributed by atoms with Crippen LogP contribution in [-0.4, -0.2) is 18.2 Å². The monoisotopic (exact) mass is 246 g/mol. The first-order valence-corrected chi connectivity index (χ1v) is 6.61. The van der Waals surface area contributed by atoms with Gasteiger partial charge < -0.3 is 10.0 Å². The van der Waals surface area contributed by atoms with Gasteiger partial charge in [-0.25, -0.2) is 0 Å². The number of rotatable bonds is 6. The van der Waals surface area contributed by atoms with Gasteiger partial charge in [0.2, 0.25) is 0 Å². The second-order valence-corrected chi connectivity index (χ2v) is 4.55. The van der Waals surface area contributed by atoms with Crippen molar-refractivity contribution in [3.8, 4) is 6.07 Å². The highest BCUT2D eigenvalue weighted by Crippen LogP contribution is 2.28. The molecule has 1 aromatic carbocycles. The fraction of sp³-hybridized carbons (Fsp3) is 0.533. The van der Waals surface area contributed by atoms with Crippen LogP contribution in [0.3, 0.4) is 0 Å². The Balaban J connectivity index is 3.19. The molecular formula is C15H22N2O. The van der Waals surface area contributed by atoms with Crippen molar-refractivity contribution in [3.05, 3.63) is 29.3 Å². The molecular weight excluding hydrogens is 224 g/mol. The van der Waals surface area contributed by atoms with Crippen molar-refractivity contribution >= 4 is 5.69 Å². The zero-order chi connectivity index (χ0) is 13.5. The van der Waals surface area contributed by atoms with Gasteiger partial charge in [0, 0.05) is 24.3 Å². The molecule has 0 radical (unpaired) electrons. The van der Waals surface area contributed by atoms with Gasteiger partial charge in [0.15, 0.2) is 0 Å².